The van der Waals surface area contributed by atoms with Gasteiger partial charge in [-0.2, -0.15) is 0 Å². The summed E-state index contributed by atoms with van der Waals surface area (Å²) in [5.41, 5.74) is -1.04. The van der Waals surface area contributed by atoms with Crippen LogP contribution in [0.1, 0.15) is 202 Å². The van der Waals surface area contributed by atoms with E-state index in [4.69, 9.17) is 4.74 Å². The number of hydrogen-bond donors (Lipinski definition) is 1. The van der Waals surface area contributed by atoms with Crippen molar-refractivity contribution in [1.29, 1.82) is 0 Å². The average Bonchev–Trinajstić information content (AvgIpc) is 3.05. The molecule has 0 aliphatic heterocycles. The van der Waals surface area contributed by atoms with Crippen molar-refractivity contribution in [3.05, 3.63) is 48.6 Å². The smallest absolute Gasteiger partial charge is 0.407 e. The van der Waals surface area contributed by atoms with Crippen molar-refractivity contribution >= 4 is 12.4 Å². The monoisotopic (exact) mass is 670 g/mol. The van der Waals surface area contributed by atoms with Crippen molar-refractivity contribution in [3.8, 4) is 0 Å². The number of ether oxygens (including phenoxy) is 1. The summed E-state index contributed by atoms with van der Waals surface area (Å²) < 4.78 is 5.47. The number of carbonyl (C=O) groups is 2. The number of alkyl carbamates (subject to hydrolysis) is 1. The van der Waals surface area contributed by atoms with Crippen LogP contribution in [-0.2, 0) is 9.53 Å². The number of rotatable bonds is 33. The third kappa shape index (κ3) is 32.4. The fraction of sp³-hybridized carbons (Fsp3) is 0.773. The Balaban J connectivity index is 4.32. The second-order valence-corrected chi connectivity index (χ2v) is 15.0. The molecule has 278 valence electrons. The van der Waals surface area contributed by atoms with Crippen LogP contribution in [0.15, 0.2) is 48.6 Å². The first-order valence-electron chi connectivity index (χ1n) is 20.3. The molecule has 0 fully saturated rings. The van der Waals surface area contributed by atoms with Gasteiger partial charge >= 0.3 is 6.09 Å². The van der Waals surface area contributed by atoms with Gasteiger partial charge in [0.05, 0.1) is 0 Å². The third-order valence-electron chi connectivity index (χ3n) is 8.98. The molecule has 4 nitrogen and oxygen atoms in total. The molecule has 0 aliphatic rings. The number of unbranched alkanes of at least 4 members (excludes halogenated alkanes) is 18. The van der Waals surface area contributed by atoms with Gasteiger partial charge < -0.3 is 14.8 Å². The van der Waals surface area contributed by atoms with Gasteiger partial charge in [0.1, 0.15) is 11.9 Å². The third-order valence-corrected chi connectivity index (χ3v) is 8.98. The number of carbonyl (C=O) groups excluding carboxylic acids is 2. The van der Waals surface area contributed by atoms with Crippen molar-refractivity contribution in [3.63, 3.8) is 0 Å². The summed E-state index contributed by atoms with van der Waals surface area (Å²) >= 11 is 0. The van der Waals surface area contributed by atoms with Gasteiger partial charge in [0.15, 0.2) is 0 Å². The average molecular weight is 670 g/mol. The van der Waals surface area contributed by atoms with E-state index in [1.54, 1.807) is 0 Å². The van der Waals surface area contributed by atoms with Gasteiger partial charge in [-0.05, 0) is 97.8 Å². The van der Waals surface area contributed by atoms with Crippen molar-refractivity contribution < 1.29 is 14.3 Å². The summed E-state index contributed by atoms with van der Waals surface area (Å²) in [5, 5.41) is 2.93. The predicted octanol–water partition coefficient (Wildman–Crippen LogP) is 14.1. The number of allylic oxidation sites excluding steroid dienone is 8. The van der Waals surface area contributed by atoms with Crippen molar-refractivity contribution in [2.75, 3.05) is 6.54 Å². The van der Waals surface area contributed by atoms with Gasteiger partial charge in [0, 0.05) is 12.0 Å². The molecule has 0 aromatic carbocycles. The van der Waals surface area contributed by atoms with Crippen LogP contribution in [0.4, 0.5) is 4.79 Å². The quantitative estimate of drug-likeness (QED) is 0.0430. The summed E-state index contributed by atoms with van der Waals surface area (Å²) in [5.74, 6) is 0. The van der Waals surface area contributed by atoms with Crippen LogP contribution in [0.25, 0.3) is 0 Å². The Morgan fingerprint density at radius 2 is 0.875 bits per heavy atom. The zero-order chi connectivity index (χ0) is 35.4. The lowest BCUT2D eigenvalue weighted by Crippen LogP contribution is -2.41. The molecule has 0 bridgehead atoms. The van der Waals surface area contributed by atoms with Crippen molar-refractivity contribution in [2.24, 2.45) is 5.41 Å². The first kappa shape index (κ1) is 45.9. The highest BCUT2D eigenvalue weighted by Gasteiger charge is 2.30. The van der Waals surface area contributed by atoms with Gasteiger partial charge in [-0.25, -0.2) is 4.79 Å². The normalized spacial score (nSPS) is 12.7. The molecule has 0 rings (SSSR count). The highest BCUT2D eigenvalue weighted by atomic mass is 16.6. The van der Waals surface area contributed by atoms with E-state index < -0.39 is 17.1 Å². The maximum Gasteiger partial charge on any atom is 0.407 e. The molecule has 0 saturated carbocycles. The van der Waals surface area contributed by atoms with E-state index in [0.29, 0.717) is 6.54 Å². The zero-order valence-electron chi connectivity index (χ0n) is 32.5. The van der Waals surface area contributed by atoms with Gasteiger partial charge in [-0.15, -0.1) is 0 Å². The lowest BCUT2D eigenvalue weighted by Gasteiger charge is -2.29. The van der Waals surface area contributed by atoms with Gasteiger partial charge in [0.2, 0.25) is 0 Å². The van der Waals surface area contributed by atoms with Crippen LogP contribution in [0.3, 0.4) is 0 Å². The van der Waals surface area contributed by atoms with E-state index in [0.717, 1.165) is 57.7 Å². The second-order valence-electron chi connectivity index (χ2n) is 15.0. The lowest BCUT2D eigenvalue weighted by molar-refractivity contribution is -0.117. The van der Waals surface area contributed by atoms with Gasteiger partial charge in [-0.1, -0.05) is 152 Å². The second kappa shape index (κ2) is 33.4. The standard InChI is InChI=1S/C44H79NO3/c1-6-8-10-12-14-16-18-20-22-24-26-28-30-32-34-36-38-44(41-46,40-45-42(47)48-43(3,4)5)39-37-35-33-31-29-27-25-23-21-19-17-15-13-11-9-7-2/h14-17,20-23,41H,6-13,18-19,24-40H2,1-5H3,(H,45,47)/b16-14-,17-15-,22-20-,23-21-. The van der Waals surface area contributed by atoms with Crippen LogP contribution < -0.4 is 5.32 Å². The Morgan fingerprint density at radius 3 is 1.23 bits per heavy atom. The van der Waals surface area contributed by atoms with Gasteiger partial charge in [-0.3, -0.25) is 0 Å². The molecular formula is C44H79NO3. The molecule has 1 N–H and O–H groups in total. The molecule has 0 atom stereocenters. The first-order chi connectivity index (χ1) is 23.3. The Labute approximate surface area is 299 Å². The highest BCUT2D eigenvalue weighted by molar-refractivity contribution is 5.69. The SMILES string of the molecule is CCCCC/C=C\C/C=C\CCCCCCCCC(C=O)(CCCCCCCC/C=C\C/C=C\CCCCC)CNC(=O)OC(C)(C)C. The van der Waals surface area contributed by atoms with Crippen LogP contribution >= 0.6 is 0 Å². The molecule has 0 heterocycles. The Kier molecular flexibility index (Phi) is 31.9. The predicted molar refractivity (Wildman–Crippen MR) is 211 cm³/mol. The van der Waals surface area contributed by atoms with E-state index in [-0.39, 0.29) is 0 Å². The number of amides is 1. The van der Waals surface area contributed by atoms with E-state index in [1.165, 1.54) is 116 Å². The molecule has 4 heteroatoms. The number of aldehydes is 1. The Bertz CT molecular complexity index is 800. The summed E-state index contributed by atoms with van der Waals surface area (Å²) in [4.78, 5) is 24.9. The topological polar surface area (TPSA) is 55.4 Å². The maximum absolute atomic E-state index is 12.5. The van der Waals surface area contributed by atoms with E-state index in [1.807, 2.05) is 20.8 Å². The minimum atomic E-state index is -0.546. The van der Waals surface area contributed by atoms with E-state index in [9.17, 15) is 9.59 Å². The first-order valence-corrected chi connectivity index (χ1v) is 20.3. The Hall–Kier alpha value is -2.10. The molecular weight excluding hydrogens is 590 g/mol. The van der Waals surface area contributed by atoms with Crippen molar-refractivity contribution in [1.82, 2.24) is 5.32 Å². The minimum Gasteiger partial charge on any atom is -0.444 e. The van der Waals surface area contributed by atoms with Gasteiger partial charge in [0.25, 0.3) is 0 Å². The number of hydrogen-bond acceptors (Lipinski definition) is 3. The van der Waals surface area contributed by atoms with E-state index >= 15 is 0 Å². The largest absolute Gasteiger partial charge is 0.444 e. The van der Waals surface area contributed by atoms with E-state index in [2.05, 4.69) is 67.8 Å². The summed E-state index contributed by atoms with van der Waals surface area (Å²) in [6.07, 6.45) is 49.9. The molecule has 0 aliphatic carbocycles. The molecule has 1 amide bonds. The summed E-state index contributed by atoms with van der Waals surface area (Å²) in [6, 6.07) is 0. The molecule has 48 heavy (non-hydrogen) atoms. The molecule has 0 aromatic rings. The summed E-state index contributed by atoms with van der Waals surface area (Å²) in [7, 11) is 0. The fourth-order valence-corrected chi connectivity index (χ4v) is 5.95. The number of nitrogens with one attached hydrogen (secondary N) is 1. The minimum absolute atomic E-state index is 0.367. The maximum atomic E-state index is 12.5. The zero-order valence-corrected chi connectivity index (χ0v) is 32.5. The fourth-order valence-electron chi connectivity index (χ4n) is 5.95. The molecule has 0 spiro atoms. The van der Waals surface area contributed by atoms with Crippen LogP contribution in [0.5, 0.6) is 0 Å². The van der Waals surface area contributed by atoms with Crippen LogP contribution in [-0.4, -0.2) is 24.5 Å². The van der Waals surface area contributed by atoms with Crippen LogP contribution in [0.2, 0.25) is 0 Å². The molecule has 0 radical (unpaired) electrons. The van der Waals surface area contributed by atoms with Crippen LogP contribution in [0, 0.1) is 5.41 Å². The lowest BCUT2D eigenvalue weighted by atomic mass is 9.79. The molecule has 0 saturated heterocycles. The molecule has 0 aromatic heterocycles. The van der Waals surface area contributed by atoms with Crippen molar-refractivity contribution in [2.45, 2.75) is 207 Å². The Morgan fingerprint density at radius 1 is 0.521 bits per heavy atom. The molecule has 0 unspecified atom stereocenters. The highest BCUT2D eigenvalue weighted by Crippen LogP contribution is 2.30. The summed E-state index contributed by atoms with van der Waals surface area (Å²) in [6.45, 7) is 10.5.